The van der Waals surface area contributed by atoms with Gasteiger partial charge in [-0.25, -0.2) is 0 Å². The summed E-state index contributed by atoms with van der Waals surface area (Å²) in [5.41, 5.74) is -0.0511. The third-order valence-electron chi connectivity index (χ3n) is 2.00. The van der Waals surface area contributed by atoms with Crippen LogP contribution in [0, 0.1) is 0 Å². The van der Waals surface area contributed by atoms with Crippen molar-refractivity contribution >= 4 is 5.91 Å². The summed E-state index contributed by atoms with van der Waals surface area (Å²) in [6, 6.07) is 0. The van der Waals surface area contributed by atoms with Crippen molar-refractivity contribution in [3.63, 3.8) is 0 Å². The zero-order valence-electron chi connectivity index (χ0n) is 8.18. The van der Waals surface area contributed by atoms with Gasteiger partial charge in [0.05, 0.1) is 6.54 Å². The molecule has 1 rings (SSSR count). The third kappa shape index (κ3) is 2.48. The normalized spacial score (nSPS) is 23.8. The van der Waals surface area contributed by atoms with E-state index in [9.17, 15) is 4.79 Å². The fraction of sp³-hybridized carbons (Fsp3) is 0.889. The summed E-state index contributed by atoms with van der Waals surface area (Å²) in [5.74, 6) is 0.153. The predicted molar refractivity (Wildman–Crippen MR) is 49.0 cm³/mol. The highest BCUT2D eigenvalue weighted by Gasteiger charge is 2.29. The maximum absolute atomic E-state index is 11.2. The first-order valence-electron chi connectivity index (χ1n) is 4.57. The van der Waals surface area contributed by atoms with Crippen LogP contribution in [0.5, 0.6) is 0 Å². The number of piperazine rings is 1. The quantitative estimate of drug-likeness (QED) is 0.658. The van der Waals surface area contributed by atoms with Gasteiger partial charge in [-0.15, -0.1) is 0 Å². The Labute approximate surface area is 74.1 Å². The highest BCUT2D eigenvalue weighted by atomic mass is 16.2. The largest absolute Gasteiger partial charge is 0.349 e. The lowest BCUT2D eigenvalue weighted by molar-refractivity contribution is -0.127. The lowest BCUT2D eigenvalue weighted by atomic mass is 10.0. The average molecular weight is 170 g/mol. The van der Waals surface area contributed by atoms with Gasteiger partial charge in [0.2, 0.25) is 5.91 Å². The Morgan fingerprint density at radius 1 is 1.58 bits per heavy atom. The second-order valence-electron chi connectivity index (χ2n) is 4.14. The number of carbonyl (C=O) groups excluding carboxylic acids is 1. The monoisotopic (exact) mass is 170 g/mol. The predicted octanol–water partition coefficient (Wildman–Crippen LogP) is 0.607. The zero-order chi connectivity index (χ0) is 9.19. The molecule has 12 heavy (non-hydrogen) atoms. The van der Waals surface area contributed by atoms with E-state index < -0.39 is 0 Å². The summed E-state index contributed by atoms with van der Waals surface area (Å²) in [4.78, 5) is 13.4. The summed E-state index contributed by atoms with van der Waals surface area (Å²) in [5, 5.41) is 2.96. The van der Waals surface area contributed by atoms with Crippen LogP contribution in [0.4, 0.5) is 0 Å². The lowest BCUT2D eigenvalue weighted by Gasteiger charge is -2.38. The molecule has 1 aliphatic rings. The Kier molecular flexibility index (Phi) is 2.73. The first kappa shape index (κ1) is 9.52. The number of nitrogens with zero attached hydrogens (tertiary/aromatic N) is 1. The van der Waals surface area contributed by atoms with Crippen LogP contribution in [0.2, 0.25) is 0 Å². The SMILES string of the molecule is CCCN1CC(=O)NC(C)(C)C1. The van der Waals surface area contributed by atoms with Crippen LogP contribution < -0.4 is 5.32 Å². The van der Waals surface area contributed by atoms with E-state index in [4.69, 9.17) is 0 Å². The van der Waals surface area contributed by atoms with Gasteiger partial charge in [0.25, 0.3) is 0 Å². The molecule has 0 aromatic carbocycles. The highest BCUT2D eigenvalue weighted by molar-refractivity contribution is 5.79. The van der Waals surface area contributed by atoms with Crippen LogP contribution in [0.3, 0.4) is 0 Å². The molecule has 1 amide bonds. The molecule has 0 radical (unpaired) electrons. The van der Waals surface area contributed by atoms with Crippen molar-refractivity contribution in [2.24, 2.45) is 0 Å². The fourth-order valence-corrected chi connectivity index (χ4v) is 1.75. The Morgan fingerprint density at radius 3 is 2.75 bits per heavy atom. The minimum atomic E-state index is -0.0511. The number of carbonyl (C=O) groups is 1. The summed E-state index contributed by atoms with van der Waals surface area (Å²) in [7, 11) is 0. The topological polar surface area (TPSA) is 32.3 Å². The number of hydrogen-bond donors (Lipinski definition) is 1. The number of nitrogens with one attached hydrogen (secondary N) is 1. The zero-order valence-corrected chi connectivity index (χ0v) is 8.18. The van der Waals surface area contributed by atoms with Crippen LogP contribution >= 0.6 is 0 Å². The van der Waals surface area contributed by atoms with E-state index in [1.165, 1.54) is 0 Å². The molecule has 0 aromatic rings. The van der Waals surface area contributed by atoms with E-state index in [0.29, 0.717) is 6.54 Å². The van der Waals surface area contributed by atoms with Crippen LogP contribution in [0.1, 0.15) is 27.2 Å². The first-order chi connectivity index (χ1) is 5.53. The van der Waals surface area contributed by atoms with Gasteiger partial charge in [-0.2, -0.15) is 0 Å². The highest BCUT2D eigenvalue weighted by Crippen LogP contribution is 2.10. The summed E-state index contributed by atoms with van der Waals surface area (Å²) in [6.07, 6.45) is 1.11. The molecule has 3 heteroatoms. The molecule has 1 aliphatic heterocycles. The van der Waals surface area contributed by atoms with Crippen LogP contribution in [0.25, 0.3) is 0 Å². The van der Waals surface area contributed by atoms with E-state index >= 15 is 0 Å². The average Bonchev–Trinajstić information content (AvgIpc) is 1.82. The minimum Gasteiger partial charge on any atom is -0.349 e. The molecule has 1 fully saturated rings. The summed E-state index contributed by atoms with van der Waals surface area (Å²) < 4.78 is 0. The number of rotatable bonds is 2. The molecule has 70 valence electrons. The maximum atomic E-state index is 11.2. The summed E-state index contributed by atoms with van der Waals surface area (Å²) in [6.45, 7) is 8.82. The maximum Gasteiger partial charge on any atom is 0.234 e. The molecular formula is C9H18N2O. The smallest absolute Gasteiger partial charge is 0.234 e. The van der Waals surface area contributed by atoms with Gasteiger partial charge in [0, 0.05) is 12.1 Å². The molecular weight excluding hydrogens is 152 g/mol. The van der Waals surface area contributed by atoms with E-state index in [1.54, 1.807) is 0 Å². The van der Waals surface area contributed by atoms with Crippen LogP contribution in [-0.2, 0) is 4.79 Å². The van der Waals surface area contributed by atoms with Crippen LogP contribution in [0.15, 0.2) is 0 Å². The molecule has 0 aliphatic carbocycles. The van der Waals surface area contributed by atoms with Gasteiger partial charge in [-0.3, -0.25) is 9.69 Å². The van der Waals surface area contributed by atoms with Crippen LogP contribution in [-0.4, -0.2) is 36.0 Å². The summed E-state index contributed by atoms with van der Waals surface area (Å²) >= 11 is 0. The van der Waals surface area contributed by atoms with Gasteiger partial charge in [-0.1, -0.05) is 6.92 Å². The van der Waals surface area contributed by atoms with E-state index in [1.807, 2.05) is 0 Å². The molecule has 3 nitrogen and oxygen atoms in total. The Bertz CT molecular complexity index is 177. The van der Waals surface area contributed by atoms with Gasteiger partial charge in [0.1, 0.15) is 0 Å². The first-order valence-corrected chi connectivity index (χ1v) is 4.57. The molecule has 1 saturated heterocycles. The van der Waals surface area contributed by atoms with Gasteiger partial charge in [0.15, 0.2) is 0 Å². The molecule has 1 N–H and O–H groups in total. The molecule has 0 atom stereocenters. The standard InChI is InChI=1S/C9H18N2O/c1-4-5-11-6-8(12)10-9(2,3)7-11/h4-7H2,1-3H3,(H,10,12). The fourth-order valence-electron chi connectivity index (χ4n) is 1.75. The molecule has 0 unspecified atom stereocenters. The molecule has 1 heterocycles. The number of hydrogen-bond acceptors (Lipinski definition) is 2. The van der Waals surface area contributed by atoms with Crippen molar-refractivity contribution < 1.29 is 4.79 Å². The van der Waals surface area contributed by atoms with E-state index in [2.05, 4.69) is 31.0 Å². The van der Waals surface area contributed by atoms with Gasteiger partial charge < -0.3 is 5.32 Å². The van der Waals surface area contributed by atoms with E-state index in [0.717, 1.165) is 19.5 Å². The third-order valence-corrected chi connectivity index (χ3v) is 2.00. The van der Waals surface area contributed by atoms with Gasteiger partial charge in [-0.05, 0) is 26.8 Å². The Balaban J connectivity index is 2.51. The van der Waals surface area contributed by atoms with Crippen molar-refractivity contribution in [1.29, 1.82) is 0 Å². The second kappa shape index (κ2) is 3.44. The van der Waals surface area contributed by atoms with Crippen molar-refractivity contribution in [1.82, 2.24) is 10.2 Å². The van der Waals surface area contributed by atoms with E-state index in [-0.39, 0.29) is 11.4 Å². The van der Waals surface area contributed by atoms with Crippen molar-refractivity contribution in [3.05, 3.63) is 0 Å². The Morgan fingerprint density at radius 2 is 2.25 bits per heavy atom. The molecule has 0 saturated carbocycles. The van der Waals surface area contributed by atoms with Crippen molar-refractivity contribution in [2.45, 2.75) is 32.7 Å². The number of amides is 1. The molecule has 0 aromatic heterocycles. The second-order valence-corrected chi connectivity index (χ2v) is 4.14. The lowest BCUT2D eigenvalue weighted by Crippen LogP contribution is -2.59. The molecule has 0 bridgehead atoms. The van der Waals surface area contributed by atoms with Gasteiger partial charge >= 0.3 is 0 Å². The van der Waals surface area contributed by atoms with Crippen molar-refractivity contribution in [2.75, 3.05) is 19.6 Å². The van der Waals surface area contributed by atoms with Crippen molar-refractivity contribution in [3.8, 4) is 0 Å². The Hall–Kier alpha value is -0.570. The molecule has 0 spiro atoms. The minimum absolute atomic E-state index is 0.0511.